The molecule has 1 saturated carbocycles. The smallest absolute Gasteiger partial charge is 0.257 e. The van der Waals surface area contributed by atoms with Gasteiger partial charge in [-0.25, -0.2) is 0 Å². The number of piperidine rings is 1. The maximum Gasteiger partial charge on any atom is 0.257 e. The van der Waals surface area contributed by atoms with Gasteiger partial charge in [0.2, 0.25) is 0 Å². The monoisotopic (exact) mass is 441 g/mol. The first-order valence-electron chi connectivity index (χ1n) is 11.8. The van der Waals surface area contributed by atoms with Crippen LogP contribution in [0.2, 0.25) is 0 Å². The summed E-state index contributed by atoms with van der Waals surface area (Å²) in [6, 6.07) is 5.76. The summed E-state index contributed by atoms with van der Waals surface area (Å²) in [7, 11) is 0. The predicted molar refractivity (Wildman–Crippen MR) is 127 cm³/mol. The molecule has 31 heavy (non-hydrogen) atoms. The van der Waals surface area contributed by atoms with Crippen LogP contribution in [-0.2, 0) is 13.0 Å². The summed E-state index contributed by atoms with van der Waals surface area (Å²) in [4.78, 5) is 30.1. The third kappa shape index (κ3) is 4.65. The van der Waals surface area contributed by atoms with Crippen molar-refractivity contribution >= 4 is 17.2 Å². The molecule has 3 heterocycles. The van der Waals surface area contributed by atoms with Crippen molar-refractivity contribution in [1.82, 2.24) is 14.8 Å². The number of nitrogens with one attached hydrogen (secondary N) is 1. The number of likely N-dealkylation sites (tertiary alicyclic amines) is 1. The summed E-state index contributed by atoms with van der Waals surface area (Å²) < 4.78 is 2.14. The summed E-state index contributed by atoms with van der Waals surface area (Å²) in [5.41, 5.74) is 1.99. The van der Waals surface area contributed by atoms with Crippen molar-refractivity contribution in [3.8, 4) is 0 Å². The summed E-state index contributed by atoms with van der Waals surface area (Å²) >= 11 is 1.70. The molecule has 0 radical (unpaired) electrons. The fourth-order valence-corrected chi connectivity index (χ4v) is 6.25. The van der Waals surface area contributed by atoms with Crippen LogP contribution in [0.3, 0.4) is 0 Å². The van der Waals surface area contributed by atoms with E-state index in [0.29, 0.717) is 25.1 Å². The number of pyridine rings is 1. The number of carbonyl (C=O) groups is 1. The maximum atomic E-state index is 13.4. The number of rotatable bonds is 7. The van der Waals surface area contributed by atoms with E-state index in [1.807, 2.05) is 19.9 Å². The molecule has 2 aromatic heterocycles. The molecule has 1 N–H and O–H groups in total. The van der Waals surface area contributed by atoms with Gasteiger partial charge in [0.1, 0.15) is 5.56 Å². The van der Waals surface area contributed by atoms with Gasteiger partial charge < -0.3 is 9.88 Å². The van der Waals surface area contributed by atoms with E-state index in [1.54, 1.807) is 17.4 Å². The number of thiophene rings is 1. The third-order valence-corrected chi connectivity index (χ3v) is 8.08. The van der Waals surface area contributed by atoms with Gasteiger partial charge in [0.05, 0.1) is 6.54 Å². The SMILES string of the molecule is CCc1c(C(=O)NCC2(N3CCCCC3)CCCC2)c(=O)cc(C)n1Cc1cccs1. The zero-order valence-corrected chi connectivity index (χ0v) is 19.7. The molecular formula is C25H35N3O2S. The molecule has 2 aromatic rings. The average Bonchev–Trinajstić information content (AvgIpc) is 3.47. The van der Waals surface area contributed by atoms with Crippen LogP contribution in [0.25, 0.3) is 0 Å². The van der Waals surface area contributed by atoms with Crippen molar-refractivity contribution in [3.05, 3.63) is 55.6 Å². The van der Waals surface area contributed by atoms with Crippen LogP contribution < -0.4 is 10.7 Å². The number of nitrogens with zero attached hydrogens (tertiary/aromatic N) is 2. The molecule has 1 aliphatic heterocycles. The highest BCUT2D eigenvalue weighted by Gasteiger charge is 2.40. The fourth-order valence-electron chi connectivity index (χ4n) is 5.56. The van der Waals surface area contributed by atoms with E-state index in [0.717, 1.165) is 37.3 Å². The predicted octanol–water partition coefficient (Wildman–Crippen LogP) is 4.36. The Morgan fingerprint density at radius 1 is 1.16 bits per heavy atom. The molecule has 1 saturated heterocycles. The molecule has 0 bridgehead atoms. The quantitative estimate of drug-likeness (QED) is 0.695. The molecule has 1 aliphatic carbocycles. The van der Waals surface area contributed by atoms with Crippen molar-refractivity contribution in [2.24, 2.45) is 0 Å². The van der Waals surface area contributed by atoms with Gasteiger partial charge in [0.25, 0.3) is 5.91 Å². The Hall–Kier alpha value is -1.92. The summed E-state index contributed by atoms with van der Waals surface area (Å²) in [6.45, 7) is 7.60. The molecule has 2 fully saturated rings. The summed E-state index contributed by atoms with van der Waals surface area (Å²) in [5, 5.41) is 5.27. The van der Waals surface area contributed by atoms with Crippen molar-refractivity contribution in [3.63, 3.8) is 0 Å². The Morgan fingerprint density at radius 3 is 2.55 bits per heavy atom. The molecule has 1 amide bonds. The molecule has 0 unspecified atom stereocenters. The van der Waals surface area contributed by atoms with Gasteiger partial charge >= 0.3 is 0 Å². The molecule has 168 valence electrons. The van der Waals surface area contributed by atoms with Gasteiger partial charge in [0.15, 0.2) is 5.43 Å². The van der Waals surface area contributed by atoms with E-state index in [9.17, 15) is 9.59 Å². The topological polar surface area (TPSA) is 54.3 Å². The van der Waals surface area contributed by atoms with Gasteiger partial charge in [-0.1, -0.05) is 32.3 Å². The molecule has 0 spiro atoms. The number of carbonyl (C=O) groups excluding carboxylic acids is 1. The lowest BCUT2D eigenvalue weighted by Gasteiger charge is -2.43. The molecular weight excluding hydrogens is 406 g/mol. The molecule has 0 aromatic carbocycles. The average molecular weight is 442 g/mol. The van der Waals surface area contributed by atoms with E-state index in [2.05, 4.69) is 26.2 Å². The maximum absolute atomic E-state index is 13.4. The third-order valence-electron chi connectivity index (χ3n) is 7.22. The lowest BCUT2D eigenvalue weighted by molar-refractivity contribution is 0.0641. The first-order chi connectivity index (χ1) is 15.0. The minimum absolute atomic E-state index is 0.0726. The standard InChI is InChI=1S/C25H35N3O2S/c1-3-21-23(22(29)16-19(2)28(21)17-20-10-9-15-31-20)24(30)26-18-25(11-5-6-12-25)27-13-7-4-8-14-27/h9-10,15-16H,3-8,11-14,17-18H2,1-2H3,(H,26,30). The highest BCUT2D eigenvalue weighted by Crippen LogP contribution is 2.36. The van der Waals surface area contributed by atoms with Crippen molar-refractivity contribution < 1.29 is 4.79 Å². The van der Waals surface area contributed by atoms with E-state index in [-0.39, 0.29) is 16.9 Å². The second kappa shape index (κ2) is 9.70. The summed E-state index contributed by atoms with van der Waals surface area (Å²) in [6.07, 6.45) is 9.21. The van der Waals surface area contributed by atoms with Crippen molar-refractivity contribution in [1.29, 1.82) is 0 Å². The van der Waals surface area contributed by atoms with Crippen LogP contribution in [0, 0.1) is 6.92 Å². The number of amides is 1. The number of aromatic nitrogens is 1. The molecule has 2 aliphatic rings. The Labute approximate surface area is 189 Å². The number of aryl methyl sites for hydroxylation is 1. The van der Waals surface area contributed by atoms with Crippen molar-refractivity contribution in [2.45, 2.75) is 77.3 Å². The highest BCUT2D eigenvalue weighted by atomic mass is 32.1. The lowest BCUT2D eigenvalue weighted by Crippen LogP contribution is -2.56. The van der Waals surface area contributed by atoms with Crippen molar-refractivity contribution in [2.75, 3.05) is 19.6 Å². The van der Waals surface area contributed by atoms with Gasteiger partial charge in [0, 0.05) is 34.4 Å². The first kappa shape index (κ1) is 22.3. The zero-order valence-electron chi connectivity index (χ0n) is 18.9. The number of hydrogen-bond donors (Lipinski definition) is 1. The van der Waals surface area contributed by atoms with Gasteiger partial charge in [-0.05, 0) is 63.6 Å². The largest absolute Gasteiger partial charge is 0.350 e. The minimum atomic E-state index is -0.204. The molecule has 6 heteroatoms. The summed E-state index contributed by atoms with van der Waals surface area (Å²) in [5.74, 6) is -0.204. The molecule has 5 nitrogen and oxygen atoms in total. The van der Waals surface area contributed by atoms with Crippen LogP contribution in [0.4, 0.5) is 0 Å². The minimum Gasteiger partial charge on any atom is -0.350 e. The highest BCUT2D eigenvalue weighted by molar-refractivity contribution is 7.09. The van der Waals surface area contributed by atoms with Crippen LogP contribution in [-0.4, -0.2) is 40.5 Å². The Bertz CT molecular complexity index is 952. The molecule has 0 atom stereocenters. The van der Waals surface area contributed by atoms with Crippen LogP contribution in [0.15, 0.2) is 28.4 Å². The van der Waals surface area contributed by atoms with Gasteiger partial charge in [-0.3, -0.25) is 14.5 Å². The Morgan fingerprint density at radius 2 is 1.90 bits per heavy atom. The normalized spacial score (nSPS) is 18.9. The second-order valence-corrected chi connectivity index (χ2v) is 10.2. The first-order valence-corrected chi connectivity index (χ1v) is 12.7. The van der Waals surface area contributed by atoms with Gasteiger partial charge in [-0.15, -0.1) is 11.3 Å². The number of hydrogen-bond acceptors (Lipinski definition) is 4. The van der Waals surface area contributed by atoms with E-state index in [1.165, 1.54) is 37.0 Å². The zero-order chi connectivity index (χ0) is 21.8. The van der Waals surface area contributed by atoms with Crippen LogP contribution in [0.1, 0.15) is 78.5 Å². The lowest BCUT2D eigenvalue weighted by atomic mass is 9.92. The van der Waals surface area contributed by atoms with E-state index in [4.69, 9.17) is 0 Å². The Balaban J connectivity index is 1.58. The van der Waals surface area contributed by atoms with Gasteiger partial charge in [-0.2, -0.15) is 0 Å². The van der Waals surface area contributed by atoms with Crippen LogP contribution >= 0.6 is 11.3 Å². The van der Waals surface area contributed by atoms with Crippen LogP contribution in [0.5, 0.6) is 0 Å². The Kier molecular flexibility index (Phi) is 6.97. The molecule has 4 rings (SSSR count). The van der Waals surface area contributed by atoms with E-state index >= 15 is 0 Å². The fraction of sp³-hybridized carbons (Fsp3) is 0.600. The van der Waals surface area contributed by atoms with E-state index < -0.39 is 0 Å². The second-order valence-electron chi connectivity index (χ2n) is 9.15.